The van der Waals surface area contributed by atoms with Crippen LogP contribution in [0.1, 0.15) is 13.3 Å². The number of carbonyl (C=O) groups excluding carboxylic acids is 1. The highest BCUT2D eigenvalue weighted by Crippen LogP contribution is 2.48. The number of ether oxygens (including phenoxy) is 1. The molecular weight excluding hydrogens is 512 g/mol. The largest absolute Gasteiger partial charge is 0.466 e. The molecule has 0 aliphatic heterocycles. The van der Waals surface area contributed by atoms with Crippen molar-refractivity contribution >= 4 is 41.5 Å². The lowest BCUT2D eigenvalue weighted by atomic mass is 10.4. The number of esters is 1. The van der Waals surface area contributed by atoms with E-state index in [9.17, 15) is 13.9 Å². The van der Waals surface area contributed by atoms with Crippen molar-refractivity contribution in [3.05, 3.63) is 121 Å². The van der Waals surface area contributed by atoms with Gasteiger partial charge in [-0.1, -0.05) is 121 Å². The molecule has 0 saturated heterocycles. The summed E-state index contributed by atoms with van der Waals surface area (Å²) in [4.78, 5) is 14.3. The molecule has 4 aromatic carbocycles. The number of nitrogens with zero attached hydrogens (tertiary/aromatic N) is 1. The maximum atomic E-state index is 14.9. The molecule has 0 aliphatic rings. The summed E-state index contributed by atoms with van der Waals surface area (Å²) in [7, 11) is -6.34. The first-order valence-electron chi connectivity index (χ1n) is 12.7. The molecule has 5 nitrogen and oxygen atoms in total. The molecule has 0 heterocycles. The highest BCUT2D eigenvalue weighted by atomic mass is 31.2. The number of hydrogen-bond acceptors (Lipinski definition) is 5. The lowest BCUT2D eigenvalue weighted by Crippen LogP contribution is -2.36. The van der Waals surface area contributed by atoms with Crippen molar-refractivity contribution in [3.8, 4) is 0 Å². The normalized spacial score (nSPS) is 11.8. The van der Waals surface area contributed by atoms with Gasteiger partial charge in [-0.3, -0.25) is 9.69 Å². The van der Waals surface area contributed by atoms with Gasteiger partial charge < -0.3 is 13.9 Å². The second kappa shape index (κ2) is 13.0. The second-order valence-electron chi connectivity index (χ2n) is 9.05. The summed E-state index contributed by atoms with van der Waals surface area (Å²) >= 11 is 0. The van der Waals surface area contributed by atoms with E-state index in [4.69, 9.17) is 4.74 Å². The summed E-state index contributed by atoms with van der Waals surface area (Å²) in [6, 6.07) is 37.7. The molecule has 0 bridgehead atoms. The Labute approximate surface area is 225 Å². The first-order valence-corrected chi connectivity index (χ1v) is 16.5. The third-order valence-electron chi connectivity index (χ3n) is 6.43. The van der Waals surface area contributed by atoms with Gasteiger partial charge in [0.05, 0.1) is 25.6 Å². The van der Waals surface area contributed by atoms with E-state index in [2.05, 4.69) is 0 Å². The van der Waals surface area contributed by atoms with E-state index in [1.54, 1.807) is 6.92 Å². The fourth-order valence-corrected chi connectivity index (χ4v) is 10.2. The Kier molecular flexibility index (Phi) is 9.53. The Morgan fingerprint density at radius 3 is 1.21 bits per heavy atom. The molecule has 0 amide bonds. The summed E-state index contributed by atoms with van der Waals surface area (Å²) in [5, 5.41) is 2.89. The second-order valence-corrected chi connectivity index (χ2v) is 14.6. The third-order valence-corrected chi connectivity index (χ3v) is 12.6. The van der Waals surface area contributed by atoms with Crippen molar-refractivity contribution in [3.63, 3.8) is 0 Å². The lowest BCUT2D eigenvalue weighted by molar-refractivity contribution is -0.143. The standard InChI is InChI=1S/C31H33NO4P2/c1-2-36-31(33)23-24-32(25-37(34,27-15-7-3-8-16-27)28-17-9-4-10-18-28)26-38(35,29-19-11-5-12-20-29)30-21-13-6-14-22-30/h3-22H,2,23-26H2,1H3. The zero-order chi connectivity index (χ0) is 26.8. The van der Waals surface area contributed by atoms with Crippen molar-refractivity contribution in [2.24, 2.45) is 0 Å². The van der Waals surface area contributed by atoms with E-state index < -0.39 is 14.3 Å². The van der Waals surface area contributed by atoms with Crippen LogP contribution in [0.3, 0.4) is 0 Å². The van der Waals surface area contributed by atoms with Gasteiger partial charge >= 0.3 is 5.97 Å². The molecular formula is C31H33NO4P2. The molecule has 0 aliphatic carbocycles. The molecule has 196 valence electrons. The Balaban J connectivity index is 1.78. The van der Waals surface area contributed by atoms with Crippen LogP contribution < -0.4 is 21.2 Å². The lowest BCUT2D eigenvalue weighted by Gasteiger charge is -2.32. The van der Waals surface area contributed by atoms with Crippen molar-refractivity contribution in [2.75, 3.05) is 25.7 Å². The average Bonchev–Trinajstić information content (AvgIpc) is 2.98. The Hall–Kier alpha value is -3.23. The Morgan fingerprint density at radius 1 is 0.605 bits per heavy atom. The highest BCUT2D eigenvalue weighted by Gasteiger charge is 2.35. The minimum Gasteiger partial charge on any atom is -0.466 e. The van der Waals surface area contributed by atoms with Gasteiger partial charge in [-0.2, -0.15) is 0 Å². The van der Waals surface area contributed by atoms with Gasteiger partial charge in [0.2, 0.25) is 0 Å². The van der Waals surface area contributed by atoms with Gasteiger partial charge in [-0.15, -0.1) is 0 Å². The van der Waals surface area contributed by atoms with E-state index in [1.165, 1.54) is 0 Å². The quantitative estimate of drug-likeness (QED) is 0.181. The summed E-state index contributed by atoms with van der Waals surface area (Å²) in [6.07, 6.45) is 0.398. The monoisotopic (exact) mass is 545 g/mol. The zero-order valence-electron chi connectivity index (χ0n) is 21.6. The van der Waals surface area contributed by atoms with E-state index in [1.807, 2.05) is 126 Å². The van der Waals surface area contributed by atoms with Crippen LogP contribution in [0.25, 0.3) is 0 Å². The van der Waals surface area contributed by atoms with E-state index in [0.29, 0.717) is 0 Å². The van der Waals surface area contributed by atoms with Gasteiger partial charge in [0.25, 0.3) is 0 Å². The highest BCUT2D eigenvalue weighted by molar-refractivity contribution is 7.79. The van der Waals surface area contributed by atoms with Crippen molar-refractivity contribution < 1.29 is 18.7 Å². The van der Waals surface area contributed by atoms with E-state index in [-0.39, 0.29) is 38.1 Å². The molecule has 0 unspecified atom stereocenters. The van der Waals surface area contributed by atoms with Crippen molar-refractivity contribution in [1.82, 2.24) is 4.90 Å². The van der Waals surface area contributed by atoms with Crippen LogP contribution in [-0.2, 0) is 18.7 Å². The number of benzene rings is 4. The van der Waals surface area contributed by atoms with Crippen LogP contribution in [-0.4, -0.2) is 36.6 Å². The number of rotatable bonds is 12. The molecule has 0 spiro atoms. The minimum absolute atomic E-state index is 0.112. The van der Waals surface area contributed by atoms with Crippen LogP contribution in [0.15, 0.2) is 121 Å². The fourth-order valence-electron chi connectivity index (χ4n) is 4.53. The van der Waals surface area contributed by atoms with Crippen molar-refractivity contribution in [2.45, 2.75) is 13.3 Å². The summed E-state index contributed by atoms with van der Waals surface area (Å²) in [5.41, 5.74) is 0. The maximum absolute atomic E-state index is 14.9. The first kappa shape index (κ1) is 27.8. The summed E-state index contributed by atoms with van der Waals surface area (Å²) in [5.74, 6) is -0.332. The minimum atomic E-state index is -3.17. The van der Waals surface area contributed by atoms with Crippen LogP contribution in [0.5, 0.6) is 0 Å². The predicted octanol–water partition coefficient (Wildman–Crippen LogP) is 5.18. The van der Waals surface area contributed by atoms with Gasteiger partial charge in [0.15, 0.2) is 14.3 Å². The zero-order valence-corrected chi connectivity index (χ0v) is 23.3. The van der Waals surface area contributed by atoms with Crippen LogP contribution in [0.4, 0.5) is 0 Å². The summed E-state index contributed by atoms with van der Waals surface area (Å²) in [6.45, 7) is 2.33. The number of hydrogen-bond donors (Lipinski definition) is 0. The van der Waals surface area contributed by atoms with Gasteiger partial charge in [0.1, 0.15) is 0 Å². The molecule has 4 rings (SSSR count). The van der Waals surface area contributed by atoms with Gasteiger partial charge in [-0.25, -0.2) is 0 Å². The Bertz CT molecular complexity index is 1210. The van der Waals surface area contributed by atoms with Crippen LogP contribution in [0, 0.1) is 0 Å². The topological polar surface area (TPSA) is 63.7 Å². The van der Waals surface area contributed by atoms with E-state index >= 15 is 0 Å². The molecule has 0 atom stereocenters. The predicted molar refractivity (Wildman–Crippen MR) is 157 cm³/mol. The molecule has 0 fully saturated rings. The smallest absolute Gasteiger partial charge is 0.307 e. The van der Waals surface area contributed by atoms with Gasteiger partial charge in [0, 0.05) is 27.8 Å². The number of carbonyl (C=O) groups is 1. The maximum Gasteiger partial charge on any atom is 0.307 e. The molecule has 0 radical (unpaired) electrons. The fraction of sp³-hybridized carbons (Fsp3) is 0.194. The molecule has 0 aromatic heterocycles. The average molecular weight is 546 g/mol. The SMILES string of the molecule is CCOC(=O)CCN(CP(=O)(c1ccccc1)c1ccccc1)CP(=O)(c1ccccc1)c1ccccc1. The van der Waals surface area contributed by atoms with Crippen molar-refractivity contribution in [1.29, 1.82) is 0 Å². The molecule has 0 N–H and O–H groups in total. The molecule has 38 heavy (non-hydrogen) atoms. The molecule has 7 heteroatoms. The van der Waals surface area contributed by atoms with Crippen LogP contribution >= 0.6 is 14.3 Å². The van der Waals surface area contributed by atoms with E-state index in [0.717, 1.165) is 21.2 Å². The first-order chi connectivity index (χ1) is 18.5. The van der Waals surface area contributed by atoms with Gasteiger partial charge in [-0.05, 0) is 6.92 Å². The molecule has 0 saturated carbocycles. The molecule has 4 aromatic rings. The van der Waals surface area contributed by atoms with Crippen LogP contribution in [0.2, 0.25) is 0 Å². The summed E-state index contributed by atoms with van der Waals surface area (Å²) < 4.78 is 35.0. The third kappa shape index (κ3) is 6.60. The Morgan fingerprint density at radius 2 is 0.921 bits per heavy atom.